The number of hydrogen-bond acceptors (Lipinski definition) is 0. The number of fused-ring (bicyclic) bond motifs is 1. The average Bonchev–Trinajstić information content (AvgIpc) is 2.89. The van der Waals surface area contributed by atoms with Crippen LogP contribution in [0.15, 0.2) is 55.1 Å². The standard InChI is InChI=1S/C33H37F3/c1-3-5-7-8-23-10-11-28-21-29(19-18-27(28)20-23)30-17-13-24(31(34)22-30)12-14-26-16-15-25(9-6-4-2)32(35)33(26)36/h3-5,13,15-17,22-23,27-29H,2,6-11,18-21H2,1H3/b5-3+. The van der Waals surface area contributed by atoms with E-state index in [0.29, 0.717) is 24.3 Å². The molecule has 190 valence electrons. The molecule has 4 rings (SSSR count). The Balaban J connectivity index is 1.39. The maximum Gasteiger partial charge on any atom is 0.174 e. The van der Waals surface area contributed by atoms with Crippen LogP contribution < -0.4 is 0 Å². The molecule has 0 N–H and O–H groups in total. The van der Waals surface area contributed by atoms with E-state index in [1.54, 1.807) is 18.2 Å². The van der Waals surface area contributed by atoms with E-state index in [1.165, 1.54) is 50.7 Å². The van der Waals surface area contributed by atoms with Crippen LogP contribution in [-0.4, -0.2) is 0 Å². The monoisotopic (exact) mass is 490 g/mol. The van der Waals surface area contributed by atoms with Crippen molar-refractivity contribution in [2.75, 3.05) is 0 Å². The fraction of sp³-hybridized carbons (Fsp3) is 0.455. The highest BCUT2D eigenvalue weighted by molar-refractivity contribution is 5.46. The zero-order chi connectivity index (χ0) is 25.5. The first-order chi connectivity index (χ1) is 17.5. The fourth-order valence-corrected chi connectivity index (χ4v) is 6.21. The number of rotatable bonds is 7. The molecule has 2 aliphatic carbocycles. The van der Waals surface area contributed by atoms with Crippen LogP contribution in [0.5, 0.6) is 0 Å². The summed E-state index contributed by atoms with van der Waals surface area (Å²) < 4.78 is 43.7. The lowest BCUT2D eigenvalue weighted by molar-refractivity contribution is 0.115. The van der Waals surface area contributed by atoms with Gasteiger partial charge in [-0.1, -0.05) is 48.6 Å². The summed E-state index contributed by atoms with van der Waals surface area (Å²) in [6.07, 6.45) is 17.0. The van der Waals surface area contributed by atoms with Gasteiger partial charge in [0, 0.05) is 0 Å². The molecule has 4 unspecified atom stereocenters. The van der Waals surface area contributed by atoms with E-state index in [4.69, 9.17) is 0 Å². The van der Waals surface area contributed by atoms with Crippen LogP contribution in [0.3, 0.4) is 0 Å². The lowest BCUT2D eigenvalue weighted by Crippen LogP contribution is -2.30. The summed E-state index contributed by atoms with van der Waals surface area (Å²) in [7, 11) is 0. The topological polar surface area (TPSA) is 0 Å². The van der Waals surface area contributed by atoms with Gasteiger partial charge in [0.2, 0.25) is 0 Å². The molecule has 4 atom stereocenters. The summed E-state index contributed by atoms with van der Waals surface area (Å²) in [5.41, 5.74) is 1.49. The Hall–Kier alpha value is -2.73. The van der Waals surface area contributed by atoms with E-state index < -0.39 is 17.5 Å². The quantitative estimate of drug-likeness (QED) is 0.268. The zero-order valence-electron chi connectivity index (χ0n) is 21.3. The molecule has 0 spiro atoms. The van der Waals surface area contributed by atoms with Crippen molar-refractivity contribution in [3.8, 4) is 11.8 Å². The lowest BCUT2D eigenvalue weighted by atomic mass is 9.63. The van der Waals surface area contributed by atoms with Crippen molar-refractivity contribution in [1.29, 1.82) is 0 Å². The van der Waals surface area contributed by atoms with E-state index in [0.717, 1.165) is 36.2 Å². The van der Waals surface area contributed by atoms with Gasteiger partial charge in [0.25, 0.3) is 0 Å². The first-order valence-corrected chi connectivity index (χ1v) is 13.5. The maximum atomic E-state index is 14.9. The Morgan fingerprint density at radius 3 is 2.42 bits per heavy atom. The third-order valence-corrected chi connectivity index (χ3v) is 8.28. The molecule has 0 nitrogen and oxygen atoms in total. The van der Waals surface area contributed by atoms with Crippen LogP contribution in [0, 0.1) is 47.0 Å². The minimum atomic E-state index is -0.977. The van der Waals surface area contributed by atoms with Crippen molar-refractivity contribution in [1.82, 2.24) is 0 Å². The van der Waals surface area contributed by atoms with E-state index >= 15 is 0 Å². The van der Waals surface area contributed by atoms with E-state index in [2.05, 4.69) is 37.5 Å². The third kappa shape index (κ3) is 6.33. The van der Waals surface area contributed by atoms with Gasteiger partial charge in [-0.25, -0.2) is 13.2 Å². The van der Waals surface area contributed by atoms with Gasteiger partial charge in [-0.2, -0.15) is 0 Å². The van der Waals surface area contributed by atoms with Gasteiger partial charge >= 0.3 is 0 Å². The second-order valence-corrected chi connectivity index (χ2v) is 10.6. The minimum Gasteiger partial charge on any atom is -0.206 e. The molecule has 2 aromatic rings. The van der Waals surface area contributed by atoms with Crippen molar-refractivity contribution in [2.24, 2.45) is 17.8 Å². The zero-order valence-corrected chi connectivity index (χ0v) is 21.3. The van der Waals surface area contributed by atoms with Gasteiger partial charge in [0.05, 0.1) is 11.1 Å². The van der Waals surface area contributed by atoms with Crippen LogP contribution in [0.4, 0.5) is 13.2 Å². The van der Waals surface area contributed by atoms with Crippen LogP contribution in [-0.2, 0) is 6.42 Å². The first-order valence-electron chi connectivity index (χ1n) is 13.5. The summed E-state index contributed by atoms with van der Waals surface area (Å²) in [6.45, 7) is 5.70. The largest absolute Gasteiger partial charge is 0.206 e. The predicted octanol–water partition coefficient (Wildman–Crippen LogP) is 9.28. The molecular formula is C33H37F3. The molecule has 0 amide bonds. The van der Waals surface area contributed by atoms with Gasteiger partial charge in [-0.15, -0.1) is 6.58 Å². The van der Waals surface area contributed by atoms with Crippen LogP contribution in [0.2, 0.25) is 0 Å². The van der Waals surface area contributed by atoms with E-state index in [-0.39, 0.29) is 11.1 Å². The molecule has 2 saturated carbocycles. The van der Waals surface area contributed by atoms with Crippen LogP contribution in [0.1, 0.15) is 92.9 Å². The van der Waals surface area contributed by atoms with Gasteiger partial charge in [0.15, 0.2) is 11.6 Å². The maximum absolute atomic E-state index is 14.9. The van der Waals surface area contributed by atoms with E-state index in [1.807, 2.05) is 6.07 Å². The SMILES string of the molecule is C=CCCc1ccc(C#Cc2ccc(C3CCC4CC(CC/C=C/C)CCC4C3)cc2F)c(F)c1F. The van der Waals surface area contributed by atoms with Crippen molar-refractivity contribution in [2.45, 2.75) is 77.0 Å². The van der Waals surface area contributed by atoms with Gasteiger partial charge in [0.1, 0.15) is 5.82 Å². The number of benzene rings is 2. The van der Waals surface area contributed by atoms with Gasteiger partial charge in [-0.3, -0.25) is 0 Å². The van der Waals surface area contributed by atoms with Crippen molar-refractivity contribution >= 4 is 0 Å². The molecular weight excluding hydrogens is 453 g/mol. The molecule has 2 fully saturated rings. The number of halogens is 3. The molecule has 36 heavy (non-hydrogen) atoms. The molecule has 3 heteroatoms. The number of hydrogen-bond donors (Lipinski definition) is 0. The second kappa shape index (κ2) is 12.5. The number of allylic oxidation sites excluding steroid dienone is 3. The Kier molecular flexibility index (Phi) is 9.13. The van der Waals surface area contributed by atoms with Crippen molar-refractivity contribution in [3.63, 3.8) is 0 Å². The second-order valence-electron chi connectivity index (χ2n) is 10.6. The summed E-state index contributed by atoms with van der Waals surface area (Å²) in [4.78, 5) is 0. The van der Waals surface area contributed by atoms with Crippen LogP contribution in [0.25, 0.3) is 0 Å². The highest BCUT2D eigenvalue weighted by Gasteiger charge is 2.35. The van der Waals surface area contributed by atoms with Crippen molar-refractivity contribution in [3.05, 3.63) is 94.8 Å². The molecule has 0 saturated heterocycles. The average molecular weight is 491 g/mol. The summed E-state index contributed by atoms with van der Waals surface area (Å²) in [6, 6.07) is 8.26. The molecule has 0 heterocycles. The lowest BCUT2D eigenvalue weighted by Gasteiger charge is -2.42. The molecule has 0 bridgehead atoms. The summed E-state index contributed by atoms with van der Waals surface area (Å²) in [5.74, 6) is 5.89. The minimum absolute atomic E-state index is 0.0574. The van der Waals surface area contributed by atoms with Crippen molar-refractivity contribution < 1.29 is 13.2 Å². The Morgan fingerprint density at radius 1 is 0.889 bits per heavy atom. The Bertz CT molecular complexity index is 1150. The van der Waals surface area contributed by atoms with Crippen LogP contribution >= 0.6 is 0 Å². The summed E-state index contributed by atoms with van der Waals surface area (Å²) >= 11 is 0. The third-order valence-electron chi connectivity index (χ3n) is 8.28. The summed E-state index contributed by atoms with van der Waals surface area (Å²) in [5, 5.41) is 0. The Morgan fingerprint density at radius 2 is 1.64 bits per heavy atom. The molecule has 2 aliphatic rings. The molecule has 2 aromatic carbocycles. The van der Waals surface area contributed by atoms with E-state index in [9.17, 15) is 13.2 Å². The predicted molar refractivity (Wildman–Crippen MR) is 142 cm³/mol. The first kappa shape index (κ1) is 26.3. The highest BCUT2D eigenvalue weighted by Crippen LogP contribution is 2.48. The fourth-order valence-electron chi connectivity index (χ4n) is 6.21. The highest BCUT2D eigenvalue weighted by atomic mass is 19.2. The molecule has 0 radical (unpaired) electrons. The van der Waals surface area contributed by atoms with Gasteiger partial charge < -0.3 is 0 Å². The van der Waals surface area contributed by atoms with Gasteiger partial charge in [-0.05, 0) is 118 Å². The Labute approximate surface area is 214 Å². The molecule has 0 aliphatic heterocycles. The normalized spacial score (nSPS) is 23.7. The number of aryl methyl sites for hydroxylation is 1. The molecule has 0 aromatic heterocycles. The smallest absolute Gasteiger partial charge is 0.174 e.